The first-order valence-electron chi connectivity index (χ1n) is 27.2. The molecule has 2 atom stereocenters. The van der Waals surface area contributed by atoms with Crippen LogP contribution in [0.2, 0.25) is 0 Å². The fourth-order valence-electron chi connectivity index (χ4n) is 13.8. The monoisotopic (exact) mass is 965 g/mol. The molecule has 0 saturated heterocycles. The van der Waals surface area contributed by atoms with Crippen molar-refractivity contribution in [3.63, 3.8) is 0 Å². The number of nitrogens with zero attached hydrogens (tertiary/aromatic N) is 3. The summed E-state index contributed by atoms with van der Waals surface area (Å²) in [5.41, 5.74) is 25.3. The number of aromatic nitrogens is 1. The molecule has 2 unspecified atom stereocenters. The predicted molar refractivity (Wildman–Crippen MR) is 312 cm³/mol. The minimum Gasteiger partial charge on any atom is -0.337 e. The molecule has 1 saturated carbocycles. The number of para-hydroxylation sites is 2. The number of aryl methyl sites for hydroxylation is 1. The van der Waals surface area contributed by atoms with Crippen molar-refractivity contribution >= 4 is 74.2 Å². The molecule has 0 amide bonds. The smallest absolute Gasteiger partial charge is 0.249 e. The van der Waals surface area contributed by atoms with E-state index in [1.54, 1.807) is 0 Å². The summed E-state index contributed by atoms with van der Waals surface area (Å²) in [6.07, 6.45) is 9.83. The average molecular weight is 966 g/mol. The van der Waals surface area contributed by atoms with E-state index in [4.69, 9.17) is 0 Å². The zero-order chi connectivity index (χ0) is 49.3. The van der Waals surface area contributed by atoms with Gasteiger partial charge in [-0.15, -0.1) is 0 Å². The molecular formula is C68H64BN3S. The van der Waals surface area contributed by atoms with Gasteiger partial charge in [-0.1, -0.05) is 181 Å². The van der Waals surface area contributed by atoms with Crippen LogP contribution in [-0.2, 0) is 23.7 Å². The van der Waals surface area contributed by atoms with Gasteiger partial charge in [0, 0.05) is 72.4 Å². The molecule has 360 valence electrons. The second-order valence-electron chi connectivity index (χ2n) is 23.8. The molecule has 2 aliphatic carbocycles. The van der Waals surface area contributed by atoms with Gasteiger partial charge in [0.25, 0.3) is 0 Å². The fraction of sp³-hybridized carbons (Fsp3) is 0.265. The highest BCUT2D eigenvalue weighted by Crippen LogP contribution is 2.54. The summed E-state index contributed by atoms with van der Waals surface area (Å²) in [5.74, 6) is 0.596. The van der Waals surface area contributed by atoms with Gasteiger partial charge in [-0.05, 0) is 154 Å². The van der Waals surface area contributed by atoms with E-state index in [0.717, 1.165) is 12.8 Å². The van der Waals surface area contributed by atoms with E-state index in [2.05, 4.69) is 226 Å². The van der Waals surface area contributed by atoms with Crippen molar-refractivity contribution in [2.24, 2.45) is 0 Å². The normalized spacial score (nSPS) is 17.7. The van der Waals surface area contributed by atoms with Crippen LogP contribution in [0.25, 0.3) is 38.8 Å². The first kappa shape index (κ1) is 45.0. The topological polar surface area (TPSA) is 11.4 Å². The molecule has 1 aromatic heterocycles. The molecule has 8 aromatic carbocycles. The van der Waals surface area contributed by atoms with E-state index >= 15 is 0 Å². The van der Waals surface area contributed by atoms with Crippen molar-refractivity contribution in [1.29, 1.82) is 0 Å². The van der Waals surface area contributed by atoms with Gasteiger partial charge in [0.05, 0.1) is 11.2 Å². The van der Waals surface area contributed by atoms with Crippen LogP contribution in [0.1, 0.15) is 114 Å². The number of anilines is 5. The third-order valence-electron chi connectivity index (χ3n) is 17.4. The van der Waals surface area contributed by atoms with E-state index in [0.29, 0.717) is 12.0 Å². The lowest BCUT2D eigenvalue weighted by molar-refractivity contribution is 0.402. The van der Waals surface area contributed by atoms with Crippen LogP contribution in [0.15, 0.2) is 180 Å². The Labute approximate surface area is 437 Å². The molecule has 5 heteroatoms. The minimum atomic E-state index is -0.101. The minimum absolute atomic E-state index is 0.0439. The second kappa shape index (κ2) is 16.9. The third kappa shape index (κ3) is 7.15. The first-order valence-corrected chi connectivity index (χ1v) is 28.0. The summed E-state index contributed by atoms with van der Waals surface area (Å²) in [7, 11) is 0. The number of hydrogen-bond donors (Lipinski definition) is 0. The highest BCUT2D eigenvalue weighted by Gasteiger charge is 2.45. The van der Waals surface area contributed by atoms with Crippen molar-refractivity contribution < 1.29 is 0 Å². The summed E-state index contributed by atoms with van der Waals surface area (Å²) in [6.45, 7) is 14.3. The van der Waals surface area contributed by atoms with Gasteiger partial charge in [0.1, 0.15) is 0 Å². The highest BCUT2D eigenvalue weighted by molar-refractivity contribution is 8.00. The Morgan fingerprint density at radius 2 is 1.16 bits per heavy atom. The fourth-order valence-corrected chi connectivity index (χ4v) is 15.0. The summed E-state index contributed by atoms with van der Waals surface area (Å²) in [5, 5.41) is 1.40. The van der Waals surface area contributed by atoms with E-state index in [-0.39, 0.29) is 17.5 Å². The first-order chi connectivity index (χ1) is 35.5. The molecular weight excluding hydrogens is 902 g/mol. The Balaban J connectivity index is 1.07. The number of hydrogen-bond acceptors (Lipinski definition) is 3. The number of benzene rings is 8. The maximum Gasteiger partial charge on any atom is 0.249 e. The Bertz CT molecular complexity index is 3610. The molecule has 14 rings (SSSR count). The van der Waals surface area contributed by atoms with Crippen molar-refractivity contribution in [3.05, 3.63) is 198 Å². The third-order valence-corrected chi connectivity index (χ3v) is 18.5. The summed E-state index contributed by atoms with van der Waals surface area (Å²) < 4.78 is 2.64. The Morgan fingerprint density at radius 1 is 0.521 bits per heavy atom. The van der Waals surface area contributed by atoms with Crippen molar-refractivity contribution in [1.82, 2.24) is 4.57 Å². The average Bonchev–Trinajstić information content (AvgIpc) is 3.93. The van der Waals surface area contributed by atoms with E-state index in [1.807, 2.05) is 11.8 Å². The molecule has 5 aliphatic rings. The Kier molecular flexibility index (Phi) is 10.4. The SMILES string of the molecule is CC(C)(C)c1cc(-c2ccccc2)c(N2c3cc(-n4c5c(c6ccccc64)CCCC5)ccc3B3c4ccc(N5c6ccccc6C6CCCCC65)cc4Sc4cc(C(C)(C)C)cc2c43)c(-c2ccccc2)c1. The van der Waals surface area contributed by atoms with Crippen LogP contribution in [-0.4, -0.2) is 17.3 Å². The van der Waals surface area contributed by atoms with Gasteiger partial charge in [-0.2, -0.15) is 0 Å². The van der Waals surface area contributed by atoms with Crippen LogP contribution in [0.5, 0.6) is 0 Å². The maximum atomic E-state index is 2.74. The quantitative estimate of drug-likeness (QED) is 0.159. The summed E-state index contributed by atoms with van der Waals surface area (Å²) >= 11 is 2.00. The van der Waals surface area contributed by atoms with E-state index in [9.17, 15) is 0 Å². The highest BCUT2D eigenvalue weighted by atomic mass is 32.2. The van der Waals surface area contributed by atoms with Crippen molar-refractivity contribution in [2.45, 2.75) is 125 Å². The van der Waals surface area contributed by atoms with Crippen LogP contribution in [0.4, 0.5) is 28.4 Å². The molecule has 3 aliphatic heterocycles. The Morgan fingerprint density at radius 3 is 1.92 bits per heavy atom. The summed E-state index contributed by atoms with van der Waals surface area (Å²) in [4.78, 5) is 8.22. The van der Waals surface area contributed by atoms with Gasteiger partial charge in [0.2, 0.25) is 6.71 Å². The van der Waals surface area contributed by atoms with Gasteiger partial charge < -0.3 is 14.4 Å². The zero-order valence-electron chi connectivity index (χ0n) is 43.3. The zero-order valence-corrected chi connectivity index (χ0v) is 44.1. The molecule has 1 fully saturated rings. The second-order valence-corrected chi connectivity index (χ2v) is 24.9. The lowest BCUT2D eigenvalue weighted by Gasteiger charge is -2.43. The molecule has 4 heterocycles. The number of rotatable bonds is 5. The largest absolute Gasteiger partial charge is 0.337 e. The van der Waals surface area contributed by atoms with Crippen LogP contribution >= 0.6 is 11.8 Å². The van der Waals surface area contributed by atoms with Gasteiger partial charge in [-0.25, -0.2) is 0 Å². The molecule has 9 aromatic rings. The van der Waals surface area contributed by atoms with Gasteiger partial charge in [0.15, 0.2) is 0 Å². The molecule has 3 nitrogen and oxygen atoms in total. The molecule has 0 radical (unpaired) electrons. The Hall–Kier alpha value is -6.69. The maximum absolute atomic E-state index is 2.74. The molecule has 0 bridgehead atoms. The lowest BCUT2D eigenvalue weighted by atomic mass is 9.34. The molecule has 0 spiro atoms. The van der Waals surface area contributed by atoms with Crippen LogP contribution in [0, 0.1) is 0 Å². The predicted octanol–water partition coefficient (Wildman–Crippen LogP) is 16.4. The standard InChI is InChI=1S/C68H64BN3S/c1-67(2,3)45-37-53(43-21-9-7-10-22-43)66(54(38-45)44-23-11-8-12-24-44)72-61-41-47(70-57-29-17-13-25-49(57)50-26-14-18-30-58(50)70)33-35-55(61)69-56-36-34-48(71-59-31-19-15-27-51(59)52-28-16-20-32-60(52)71)42-63(56)73-64-40-46(68(4,5)6)39-62(72)65(64)69/h7-13,15,17,19,21-25,27,29,31,33-42,52,60H,14,16,18,20,26,28,30,32H2,1-6H3. The van der Waals surface area contributed by atoms with Gasteiger partial charge >= 0.3 is 0 Å². The van der Waals surface area contributed by atoms with Crippen LogP contribution < -0.4 is 26.2 Å². The van der Waals surface area contributed by atoms with E-state index < -0.39 is 0 Å². The van der Waals surface area contributed by atoms with Crippen LogP contribution in [0.3, 0.4) is 0 Å². The lowest BCUT2D eigenvalue weighted by Crippen LogP contribution is -2.60. The van der Waals surface area contributed by atoms with E-state index in [1.165, 1.54) is 160 Å². The van der Waals surface area contributed by atoms with Crippen molar-refractivity contribution in [3.8, 4) is 27.9 Å². The molecule has 0 N–H and O–H groups in total. The van der Waals surface area contributed by atoms with Gasteiger partial charge in [-0.3, -0.25) is 0 Å². The van der Waals surface area contributed by atoms with Crippen molar-refractivity contribution in [2.75, 3.05) is 9.80 Å². The number of fused-ring (bicyclic) bond motifs is 10. The molecule has 73 heavy (non-hydrogen) atoms. The summed E-state index contributed by atoms with van der Waals surface area (Å²) in [6, 6.07) is 66.8.